The van der Waals surface area contributed by atoms with Crippen LogP contribution in [0.4, 0.5) is 11.4 Å². The normalized spacial score (nSPS) is 13.1. The number of amides is 3. The van der Waals surface area contributed by atoms with Gasteiger partial charge in [0.25, 0.3) is 23.4 Å². The largest absolute Gasteiger partial charge is 0.321 e. The summed E-state index contributed by atoms with van der Waals surface area (Å²) in [7, 11) is 0. The van der Waals surface area contributed by atoms with Crippen LogP contribution in [0.5, 0.6) is 0 Å². The lowest BCUT2D eigenvalue weighted by Gasteiger charge is -2.15. The summed E-state index contributed by atoms with van der Waals surface area (Å²) in [6.45, 7) is 5.66. The molecule has 8 nitrogen and oxygen atoms in total. The first-order valence-corrected chi connectivity index (χ1v) is 8.76. The van der Waals surface area contributed by atoms with Gasteiger partial charge in [0.15, 0.2) is 0 Å². The molecule has 0 saturated carbocycles. The molecule has 3 amide bonds. The molecule has 0 spiro atoms. The number of hydrogen-bond donors (Lipinski definition) is 1. The number of anilines is 1. The van der Waals surface area contributed by atoms with Crippen molar-refractivity contribution in [1.82, 2.24) is 4.90 Å². The van der Waals surface area contributed by atoms with E-state index < -0.39 is 16.7 Å². The van der Waals surface area contributed by atoms with E-state index in [-0.39, 0.29) is 34.2 Å². The molecule has 0 saturated heterocycles. The summed E-state index contributed by atoms with van der Waals surface area (Å²) in [6, 6.07) is 8.71. The molecule has 8 heteroatoms. The lowest BCUT2D eigenvalue weighted by molar-refractivity contribution is -0.385. The Balaban J connectivity index is 1.88. The first kappa shape index (κ1) is 19.2. The van der Waals surface area contributed by atoms with E-state index in [0.29, 0.717) is 17.8 Å². The van der Waals surface area contributed by atoms with Crippen LogP contribution >= 0.6 is 0 Å². The molecule has 0 atom stereocenters. The van der Waals surface area contributed by atoms with Gasteiger partial charge in [0.2, 0.25) is 0 Å². The Morgan fingerprint density at radius 1 is 1.14 bits per heavy atom. The topological polar surface area (TPSA) is 110 Å². The fourth-order valence-corrected chi connectivity index (χ4v) is 3.11. The smallest absolute Gasteiger partial charge is 0.274 e. The molecular formula is C20H19N3O5. The molecule has 0 unspecified atom stereocenters. The first-order chi connectivity index (χ1) is 13.2. The van der Waals surface area contributed by atoms with Crippen molar-refractivity contribution >= 4 is 29.1 Å². The molecule has 0 fully saturated rings. The molecule has 1 heterocycles. The maximum atomic E-state index is 12.6. The summed E-state index contributed by atoms with van der Waals surface area (Å²) in [4.78, 5) is 49.3. The van der Waals surface area contributed by atoms with Crippen molar-refractivity contribution in [3.8, 4) is 0 Å². The Morgan fingerprint density at radius 3 is 2.46 bits per heavy atom. The van der Waals surface area contributed by atoms with Crippen LogP contribution < -0.4 is 5.32 Å². The van der Waals surface area contributed by atoms with E-state index in [2.05, 4.69) is 5.32 Å². The van der Waals surface area contributed by atoms with Gasteiger partial charge in [-0.05, 0) is 37.1 Å². The highest BCUT2D eigenvalue weighted by atomic mass is 16.6. The third-order valence-electron chi connectivity index (χ3n) is 4.53. The minimum absolute atomic E-state index is 0.100. The summed E-state index contributed by atoms with van der Waals surface area (Å²) in [5.41, 5.74) is 1.19. The zero-order valence-corrected chi connectivity index (χ0v) is 15.7. The first-order valence-electron chi connectivity index (χ1n) is 8.76. The minimum atomic E-state index is -0.520. The van der Waals surface area contributed by atoms with Crippen molar-refractivity contribution in [1.29, 1.82) is 0 Å². The zero-order chi connectivity index (χ0) is 20.6. The molecule has 0 radical (unpaired) electrons. The Labute approximate surface area is 161 Å². The van der Waals surface area contributed by atoms with Gasteiger partial charge in [0.1, 0.15) is 0 Å². The van der Waals surface area contributed by atoms with Gasteiger partial charge in [0.05, 0.1) is 27.3 Å². The second kappa shape index (κ2) is 7.22. The van der Waals surface area contributed by atoms with Crippen molar-refractivity contribution < 1.29 is 19.3 Å². The van der Waals surface area contributed by atoms with Gasteiger partial charge in [-0.15, -0.1) is 0 Å². The number of benzene rings is 2. The number of nitrogens with zero attached hydrogens (tertiary/aromatic N) is 2. The van der Waals surface area contributed by atoms with Gasteiger partial charge in [0, 0.05) is 18.2 Å². The Bertz CT molecular complexity index is 1010. The van der Waals surface area contributed by atoms with Crippen molar-refractivity contribution in [2.75, 3.05) is 11.9 Å². The fourth-order valence-electron chi connectivity index (χ4n) is 3.11. The van der Waals surface area contributed by atoms with Crippen molar-refractivity contribution in [2.24, 2.45) is 5.92 Å². The predicted octanol–water partition coefficient (Wildman–Crippen LogP) is 3.41. The van der Waals surface area contributed by atoms with E-state index in [0.717, 1.165) is 0 Å². The number of imide groups is 1. The lowest BCUT2D eigenvalue weighted by atomic mass is 10.0. The maximum absolute atomic E-state index is 12.6. The van der Waals surface area contributed by atoms with Crippen LogP contribution in [0.25, 0.3) is 0 Å². The van der Waals surface area contributed by atoms with Crippen molar-refractivity contribution in [2.45, 2.75) is 20.8 Å². The average Bonchev–Trinajstić information content (AvgIpc) is 2.87. The average molecular weight is 381 g/mol. The van der Waals surface area contributed by atoms with Crippen molar-refractivity contribution in [3.63, 3.8) is 0 Å². The number of rotatable bonds is 5. The molecule has 0 aromatic heterocycles. The van der Waals surface area contributed by atoms with Crippen LogP contribution in [0.1, 0.15) is 50.5 Å². The number of carbonyl (C=O) groups excluding carboxylic acids is 3. The van der Waals surface area contributed by atoms with E-state index in [1.807, 2.05) is 13.8 Å². The Kier molecular flexibility index (Phi) is 4.96. The van der Waals surface area contributed by atoms with E-state index in [1.165, 1.54) is 35.2 Å². The van der Waals surface area contributed by atoms with Crippen LogP contribution in [0.3, 0.4) is 0 Å². The summed E-state index contributed by atoms with van der Waals surface area (Å²) in [6.07, 6.45) is 0. The minimum Gasteiger partial charge on any atom is -0.321 e. The standard InChI is InChI=1S/C20H19N3O5/c1-11(2)10-22-19(25)14-8-7-13(9-15(14)20(22)26)18(24)21-16-5-4-6-17(12(16)3)23(27)28/h4-9,11H,10H2,1-3H3,(H,21,24). The molecule has 1 aliphatic heterocycles. The highest BCUT2D eigenvalue weighted by Gasteiger charge is 2.36. The molecule has 0 aliphatic carbocycles. The molecule has 1 N–H and O–H groups in total. The number of nitro groups is 1. The van der Waals surface area contributed by atoms with Crippen LogP contribution in [0.15, 0.2) is 36.4 Å². The number of nitro benzene ring substituents is 1. The third-order valence-corrected chi connectivity index (χ3v) is 4.53. The van der Waals surface area contributed by atoms with Gasteiger partial charge in [-0.25, -0.2) is 0 Å². The number of hydrogen-bond acceptors (Lipinski definition) is 5. The molecule has 2 aromatic carbocycles. The number of carbonyl (C=O) groups is 3. The van der Waals surface area contributed by atoms with Gasteiger partial charge >= 0.3 is 0 Å². The third kappa shape index (κ3) is 3.36. The second-order valence-electron chi connectivity index (χ2n) is 7.04. The molecule has 3 rings (SSSR count). The van der Waals surface area contributed by atoms with Crippen LogP contribution in [0.2, 0.25) is 0 Å². The van der Waals surface area contributed by atoms with E-state index >= 15 is 0 Å². The molecule has 2 aromatic rings. The molecule has 28 heavy (non-hydrogen) atoms. The number of nitrogens with one attached hydrogen (secondary N) is 1. The molecule has 1 aliphatic rings. The van der Waals surface area contributed by atoms with Gasteiger partial charge < -0.3 is 5.32 Å². The highest BCUT2D eigenvalue weighted by molar-refractivity contribution is 6.22. The second-order valence-corrected chi connectivity index (χ2v) is 7.04. The van der Waals surface area contributed by atoms with Gasteiger partial charge in [-0.1, -0.05) is 19.9 Å². The quantitative estimate of drug-likeness (QED) is 0.485. The maximum Gasteiger partial charge on any atom is 0.274 e. The van der Waals surface area contributed by atoms with E-state index in [9.17, 15) is 24.5 Å². The summed E-state index contributed by atoms with van der Waals surface area (Å²) >= 11 is 0. The van der Waals surface area contributed by atoms with Crippen molar-refractivity contribution in [3.05, 3.63) is 68.8 Å². The monoisotopic (exact) mass is 381 g/mol. The highest BCUT2D eigenvalue weighted by Crippen LogP contribution is 2.27. The molecular weight excluding hydrogens is 362 g/mol. The Morgan fingerprint density at radius 2 is 1.82 bits per heavy atom. The molecule has 144 valence electrons. The van der Waals surface area contributed by atoms with Gasteiger partial charge in [-0.2, -0.15) is 0 Å². The fraction of sp³-hybridized carbons (Fsp3) is 0.250. The zero-order valence-electron chi connectivity index (χ0n) is 15.7. The SMILES string of the molecule is Cc1c(NC(=O)c2ccc3c(c2)C(=O)N(CC(C)C)C3=O)cccc1[N+](=O)[O-]. The summed E-state index contributed by atoms with van der Waals surface area (Å²) in [5, 5.41) is 13.7. The summed E-state index contributed by atoms with van der Waals surface area (Å²) in [5.74, 6) is -1.18. The number of fused-ring (bicyclic) bond motifs is 1. The lowest BCUT2D eigenvalue weighted by Crippen LogP contribution is -2.33. The van der Waals surface area contributed by atoms with Gasteiger partial charge in [-0.3, -0.25) is 29.4 Å². The predicted molar refractivity (Wildman–Crippen MR) is 102 cm³/mol. The summed E-state index contributed by atoms with van der Waals surface area (Å²) < 4.78 is 0. The van der Waals surface area contributed by atoms with Crippen LogP contribution in [0, 0.1) is 23.0 Å². The Hall–Kier alpha value is -3.55. The van der Waals surface area contributed by atoms with E-state index in [1.54, 1.807) is 13.0 Å². The molecule has 0 bridgehead atoms. The van der Waals surface area contributed by atoms with Crippen LogP contribution in [-0.2, 0) is 0 Å². The van der Waals surface area contributed by atoms with E-state index in [4.69, 9.17) is 0 Å². The van der Waals surface area contributed by atoms with Crippen LogP contribution in [-0.4, -0.2) is 34.1 Å².